The van der Waals surface area contributed by atoms with Crippen LogP contribution in [0, 0.1) is 13.8 Å². The summed E-state index contributed by atoms with van der Waals surface area (Å²) in [7, 11) is 0. The minimum absolute atomic E-state index is 0.406. The average molecular weight is 243 g/mol. The first kappa shape index (κ1) is 12.1. The maximum atomic E-state index is 3.95. The Morgan fingerprint density at radius 3 is 2.56 bits per heavy atom. The molecule has 2 aliphatic rings. The van der Waals surface area contributed by atoms with Gasteiger partial charge >= 0.3 is 0 Å². The number of benzene rings is 1. The number of hydrogen-bond acceptors (Lipinski definition) is 1. The summed E-state index contributed by atoms with van der Waals surface area (Å²) >= 11 is 0. The predicted octanol–water partition coefficient (Wildman–Crippen LogP) is 4.93. The van der Waals surface area contributed by atoms with Gasteiger partial charge in [-0.2, -0.15) is 0 Å². The average Bonchev–Trinajstić information content (AvgIpc) is 2.35. The Morgan fingerprint density at radius 2 is 1.83 bits per heavy atom. The zero-order valence-electron chi connectivity index (χ0n) is 12.0. The van der Waals surface area contributed by atoms with Crippen LogP contribution in [-0.2, 0) is 0 Å². The highest BCUT2D eigenvalue weighted by Gasteiger charge is 2.38. The fourth-order valence-electron chi connectivity index (χ4n) is 3.98. The third-order valence-electron chi connectivity index (χ3n) is 5.20. The molecule has 1 aromatic carbocycles. The molecule has 1 N–H and O–H groups in total. The van der Waals surface area contributed by atoms with Crippen molar-refractivity contribution in [1.29, 1.82) is 0 Å². The minimum Gasteiger partial charge on any atom is -0.379 e. The van der Waals surface area contributed by atoms with Gasteiger partial charge in [0.25, 0.3) is 0 Å². The van der Waals surface area contributed by atoms with Gasteiger partial charge in [-0.05, 0) is 55.7 Å². The Hall–Kier alpha value is -0.980. The molecule has 0 unspecified atom stereocenters. The van der Waals surface area contributed by atoms with Gasteiger partial charge in [0.05, 0.1) is 0 Å². The zero-order chi connectivity index (χ0) is 12.8. The van der Waals surface area contributed by atoms with Crippen LogP contribution >= 0.6 is 0 Å². The van der Waals surface area contributed by atoms with E-state index in [4.69, 9.17) is 0 Å². The van der Waals surface area contributed by atoms with Gasteiger partial charge in [-0.1, -0.05) is 38.3 Å². The van der Waals surface area contributed by atoms with Crippen LogP contribution in [0.4, 0.5) is 5.69 Å². The first-order chi connectivity index (χ1) is 8.61. The van der Waals surface area contributed by atoms with Crippen molar-refractivity contribution in [3.8, 4) is 0 Å². The first-order valence-electron chi connectivity index (χ1n) is 7.50. The molecule has 1 saturated carbocycles. The molecule has 1 nitrogen and oxygen atoms in total. The largest absolute Gasteiger partial charge is 0.379 e. The summed E-state index contributed by atoms with van der Waals surface area (Å²) in [6.07, 6.45) is 8.29. The molecular formula is C17H25N. The summed E-state index contributed by atoms with van der Waals surface area (Å²) < 4.78 is 0. The van der Waals surface area contributed by atoms with E-state index in [1.54, 1.807) is 0 Å². The molecule has 1 aliphatic heterocycles. The van der Waals surface area contributed by atoms with Crippen molar-refractivity contribution in [2.24, 2.45) is 0 Å². The van der Waals surface area contributed by atoms with Gasteiger partial charge in [-0.3, -0.25) is 0 Å². The number of rotatable bonds is 0. The van der Waals surface area contributed by atoms with Gasteiger partial charge in [-0.15, -0.1) is 0 Å². The number of nitrogens with one attached hydrogen (secondary N) is 1. The van der Waals surface area contributed by atoms with Crippen LogP contribution in [0.5, 0.6) is 0 Å². The van der Waals surface area contributed by atoms with Crippen molar-refractivity contribution in [3.63, 3.8) is 0 Å². The number of anilines is 1. The lowest BCUT2D eigenvalue weighted by atomic mass is 9.71. The molecule has 1 fully saturated rings. The van der Waals surface area contributed by atoms with E-state index >= 15 is 0 Å². The zero-order valence-corrected chi connectivity index (χ0v) is 12.0. The van der Waals surface area contributed by atoms with Crippen LogP contribution in [0.25, 0.3) is 0 Å². The summed E-state index contributed by atoms with van der Waals surface area (Å²) in [4.78, 5) is 0. The van der Waals surface area contributed by atoms with Gasteiger partial charge in [0.2, 0.25) is 0 Å². The molecule has 3 rings (SSSR count). The van der Waals surface area contributed by atoms with Crippen LogP contribution < -0.4 is 5.32 Å². The summed E-state index contributed by atoms with van der Waals surface area (Å²) in [5.74, 6) is 0.707. The topological polar surface area (TPSA) is 12.0 Å². The summed E-state index contributed by atoms with van der Waals surface area (Å²) in [5, 5.41) is 3.95. The quantitative estimate of drug-likeness (QED) is 0.681. The Kier molecular flexibility index (Phi) is 2.88. The lowest BCUT2D eigenvalue weighted by molar-refractivity contribution is 0.281. The van der Waals surface area contributed by atoms with E-state index in [0.717, 1.165) is 0 Å². The molecule has 0 radical (unpaired) electrons. The predicted molar refractivity (Wildman–Crippen MR) is 78.4 cm³/mol. The molecule has 1 aromatic rings. The van der Waals surface area contributed by atoms with Gasteiger partial charge in [0, 0.05) is 11.2 Å². The summed E-state index contributed by atoms with van der Waals surface area (Å²) in [6.45, 7) is 6.91. The number of hydrogen-bond donors (Lipinski definition) is 1. The van der Waals surface area contributed by atoms with Crippen LogP contribution in [0.2, 0.25) is 0 Å². The molecule has 1 heterocycles. The number of fused-ring (bicyclic) bond motifs is 1. The number of aryl methyl sites for hydroxylation is 1. The van der Waals surface area contributed by atoms with Crippen LogP contribution in [0.15, 0.2) is 12.1 Å². The molecule has 0 bridgehead atoms. The lowest BCUT2D eigenvalue weighted by Gasteiger charge is -2.46. The molecule has 0 aromatic heterocycles. The molecule has 98 valence electrons. The monoisotopic (exact) mass is 243 g/mol. The first-order valence-corrected chi connectivity index (χ1v) is 7.50. The van der Waals surface area contributed by atoms with Crippen molar-refractivity contribution < 1.29 is 0 Å². The second-order valence-corrected chi connectivity index (χ2v) is 6.54. The second kappa shape index (κ2) is 4.29. The fourth-order valence-corrected chi connectivity index (χ4v) is 3.98. The van der Waals surface area contributed by atoms with E-state index < -0.39 is 0 Å². The van der Waals surface area contributed by atoms with E-state index in [1.165, 1.54) is 60.9 Å². The third-order valence-corrected chi connectivity index (χ3v) is 5.20. The molecule has 0 amide bonds. The molecule has 18 heavy (non-hydrogen) atoms. The van der Waals surface area contributed by atoms with Crippen molar-refractivity contribution >= 4 is 5.69 Å². The molecule has 1 aliphatic carbocycles. The highest BCUT2D eigenvalue weighted by molar-refractivity contribution is 5.64. The fraction of sp³-hybridized carbons (Fsp3) is 0.647. The van der Waals surface area contributed by atoms with E-state index in [-0.39, 0.29) is 0 Å². The second-order valence-electron chi connectivity index (χ2n) is 6.54. The smallest absolute Gasteiger partial charge is 0.0412 e. The van der Waals surface area contributed by atoms with Crippen LogP contribution in [0.1, 0.15) is 68.1 Å². The molecule has 0 saturated heterocycles. The van der Waals surface area contributed by atoms with Crippen molar-refractivity contribution in [2.75, 3.05) is 5.32 Å². The Bertz CT molecular complexity index is 455. The molecular weight excluding hydrogens is 218 g/mol. The lowest BCUT2D eigenvalue weighted by Crippen LogP contribution is -2.44. The molecule has 1 atom stereocenters. The highest BCUT2D eigenvalue weighted by Crippen LogP contribution is 2.46. The SMILES string of the molecule is Cc1ccc2c(c1C)NC1(CCCCC1)C[C@H]2C. The summed E-state index contributed by atoms with van der Waals surface area (Å²) in [6, 6.07) is 4.62. The van der Waals surface area contributed by atoms with Crippen molar-refractivity contribution in [3.05, 3.63) is 28.8 Å². The maximum Gasteiger partial charge on any atom is 0.0412 e. The van der Waals surface area contributed by atoms with E-state index in [2.05, 4.69) is 38.2 Å². The van der Waals surface area contributed by atoms with Gasteiger partial charge in [0.1, 0.15) is 0 Å². The highest BCUT2D eigenvalue weighted by atomic mass is 15.0. The van der Waals surface area contributed by atoms with Crippen molar-refractivity contribution in [1.82, 2.24) is 0 Å². The van der Waals surface area contributed by atoms with Crippen LogP contribution in [-0.4, -0.2) is 5.54 Å². The van der Waals surface area contributed by atoms with Gasteiger partial charge in [-0.25, -0.2) is 0 Å². The standard InChI is InChI=1S/C17H25N/c1-12-7-8-15-13(2)11-17(9-5-4-6-10-17)18-16(15)14(12)3/h7-8,13,18H,4-6,9-11H2,1-3H3/t13-/m1/s1. The maximum absolute atomic E-state index is 3.95. The molecule has 1 heteroatoms. The third kappa shape index (κ3) is 1.84. The molecule has 1 spiro atoms. The summed E-state index contributed by atoms with van der Waals surface area (Å²) in [5.41, 5.74) is 6.28. The van der Waals surface area contributed by atoms with E-state index in [9.17, 15) is 0 Å². The Labute approximate surface area is 111 Å². The van der Waals surface area contributed by atoms with E-state index in [1.807, 2.05) is 0 Å². The Morgan fingerprint density at radius 1 is 1.11 bits per heavy atom. The van der Waals surface area contributed by atoms with E-state index in [0.29, 0.717) is 11.5 Å². The van der Waals surface area contributed by atoms with Crippen LogP contribution in [0.3, 0.4) is 0 Å². The normalized spacial score (nSPS) is 25.6. The minimum atomic E-state index is 0.406. The van der Waals surface area contributed by atoms with Gasteiger partial charge in [0.15, 0.2) is 0 Å². The van der Waals surface area contributed by atoms with Gasteiger partial charge < -0.3 is 5.32 Å². The van der Waals surface area contributed by atoms with Crippen molar-refractivity contribution in [2.45, 2.75) is 70.8 Å². The Balaban J connectivity index is 2.02.